The van der Waals surface area contributed by atoms with Crippen molar-refractivity contribution in [1.29, 1.82) is 0 Å². The quantitative estimate of drug-likeness (QED) is 0.819. The van der Waals surface area contributed by atoms with Crippen LogP contribution in [0.3, 0.4) is 0 Å². The van der Waals surface area contributed by atoms with Crippen molar-refractivity contribution in [2.45, 2.75) is 33.7 Å². The first kappa shape index (κ1) is 14.6. The molecule has 0 aromatic heterocycles. The lowest BCUT2D eigenvalue weighted by Crippen LogP contribution is -2.28. The molecule has 0 amide bonds. The highest BCUT2D eigenvalue weighted by atomic mass is 19.1. The molecule has 0 aliphatic rings. The van der Waals surface area contributed by atoms with Crippen LogP contribution in [0.5, 0.6) is 0 Å². The number of carboxylic acid groups (broad SMARTS) is 1. The van der Waals surface area contributed by atoms with Gasteiger partial charge in [-0.3, -0.25) is 0 Å². The molecule has 0 spiro atoms. The first-order valence-electron chi connectivity index (χ1n) is 6.08. The molecule has 0 saturated carbocycles. The first-order valence-corrected chi connectivity index (χ1v) is 6.08. The minimum Gasteiger partial charge on any atom is -0.478 e. The van der Waals surface area contributed by atoms with Gasteiger partial charge in [0.05, 0.1) is 5.56 Å². The smallest absolute Gasteiger partial charge is 0.338 e. The van der Waals surface area contributed by atoms with E-state index in [1.807, 2.05) is 0 Å². The average molecular weight is 253 g/mol. The lowest BCUT2D eigenvalue weighted by Gasteiger charge is -2.23. The van der Waals surface area contributed by atoms with Gasteiger partial charge in [-0.15, -0.1) is 0 Å². The maximum absolute atomic E-state index is 13.4. The molecule has 0 aliphatic carbocycles. The topological polar surface area (TPSA) is 49.3 Å². The monoisotopic (exact) mass is 253 g/mol. The van der Waals surface area contributed by atoms with Crippen molar-refractivity contribution in [3.8, 4) is 0 Å². The standard InChI is InChI=1S/C14H20FNO2/c1-4-14(2,3)9-16-8-10-5-6-11(13(17)18)12(15)7-10/h5-7,16H,4,8-9H2,1-3H3,(H,17,18). The minimum atomic E-state index is -1.24. The van der Waals surface area contributed by atoms with Crippen molar-refractivity contribution < 1.29 is 14.3 Å². The Labute approximate surface area is 107 Å². The second-order valence-corrected chi connectivity index (χ2v) is 5.24. The summed E-state index contributed by atoms with van der Waals surface area (Å²) in [4.78, 5) is 10.7. The molecular weight excluding hydrogens is 233 g/mol. The second kappa shape index (κ2) is 5.96. The maximum atomic E-state index is 13.4. The molecule has 0 atom stereocenters. The first-order chi connectivity index (χ1) is 8.35. The Bertz CT molecular complexity index is 430. The number of hydrogen-bond donors (Lipinski definition) is 2. The predicted octanol–water partition coefficient (Wildman–Crippen LogP) is 3.05. The highest BCUT2D eigenvalue weighted by Crippen LogP contribution is 2.18. The number of rotatable bonds is 6. The predicted molar refractivity (Wildman–Crippen MR) is 69.1 cm³/mol. The molecular formula is C14H20FNO2. The maximum Gasteiger partial charge on any atom is 0.338 e. The van der Waals surface area contributed by atoms with Crippen molar-refractivity contribution in [2.75, 3.05) is 6.54 Å². The lowest BCUT2D eigenvalue weighted by molar-refractivity contribution is 0.0692. The highest BCUT2D eigenvalue weighted by molar-refractivity contribution is 5.87. The van der Waals surface area contributed by atoms with Crippen LogP contribution in [0.4, 0.5) is 4.39 Å². The molecule has 100 valence electrons. The Kier molecular flexibility index (Phi) is 4.84. The van der Waals surface area contributed by atoms with Crippen molar-refractivity contribution in [3.63, 3.8) is 0 Å². The van der Waals surface area contributed by atoms with Gasteiger partial charge in [0.15, 0.2) is 0 Å². The molecule has 0 fully saturated rings. The zero-order valence-corrected chi connectivity index (χ0v) is 11.1. The van der Waals surface area contributed by atoms with E-state index < -0.39 is 11.8 Å². The zero-order chi connectivity index (χ0) is 13.8. The van der Waals surface area contributed by atoms with Gasteiger partial charge in [0.25, 0.3) is 0 Å². The third-order valence-electron chi connectivity index (χ3n) is 3.15. The molecule has 0 bridgehead atoms. The number of carboxylic acids is 1. The normalized spacial score (nSPS) is 11.6. The number of halogens is 1. The number of aromatic carboxylic acids is 1. The summed E-state index contributed by atoms with van der Waals surface area (Å²) in [5.74, 6) is -1.92. The van der Waals surface area contributed by atoms with Crippen LogP contribution in [0.1, 0.15) is 43.1 Å². The van der Waals surface area contributed by atoms with Gasteiger partial charge in [-0.1, -0.05) is 26.8 Å². The van der Waals surface area contributed by atoms with Gasteiger partial charge in [-0.05, 0) is 29.5 Å². The van der Waals surface area contributed by atoms with Gasteiger partial charge in [0, 0.05) is 13.1 Å². The molecule has 0 unspecified atom stereocenters. The number of benzene rings is 1. The number of carbonyl (C=O) groups is 1. The fraction of sp³-hybridized carbons (Fsp3) is 0.500. The summed E-state index contributed by atoms with van der Waals surface area (Å²) in [7, 11) is 0. The van der Waals surface area contributed by atoms with Crippen LogP contribution < -0.4 is 5.32 Å². The lowest BCUT2D eigenvalue weighted by atomic mass is 9.90. The van der Waals surface area contributed by atoms with Crippen LogP contribution in [-0.2, 0) is 6.54 Å². The van der Waals surface area contributed by atoms with Crippen LogP contribution in [0.15, 0.2) is 18.2 Å². The molecule has 0 saturated heterocycles. The van der Waals surface area contributed by atoms with Crippen LogP contribution >= 0.6 is 0 Å². The summed E-state index contributed by atoms with van der Waals surface area (Å²) in [5.41, 5.74) is 0.677. The van der Waals surface area contributed by atoms with Gasteiger partial charge in [-0.2, -0.15) is 0 Å². The Hall–Kier alpha value is -1.42. The van der Waals surface area contributed by atoms with Crippen LogP contribution in [-0.4, -0.2) is 17.6 Å². The SMILES string of the molecule is CCC(C)(C)CNCc1ccc(C(=O)O)c(F)c1. The third kappa shape index (κ3) is 4.11. The van der Waals surface area contributed by atoms with Gasteiger partial charge in [-0.25, -0.2) is 9.18 Å². The van der Waals surface area contributed by atoms with Gasteiger partial charge in [0.2, 0.25) is 0 Å². The number of hydrogen-bond acceptors (Lipinski definition) is 2. The van der Waals surface area contributed by atoms with E-state index >= 15 is 0 Å². The molecule has 1 rings (SSSR count). The van der Waals surface area contributed by atoms with E-state index in [1.54, 1.807) is 6.07 Å². The van der Waals surface area contributed by atoms with E-state index in [2.05, 4.69) is 26.1 Å². The molecule has 4 heteroatoms. The van der Waals surface area contributed by atoms with E-state index in [0.717, 1.165) is 18.5 Å². The zero-order valence-electron chi connectivity index (χ0n) is 11.1. The molecule has 0 aliphatic heterocycles. The third-order valence-corrected chi connectivity index (χ3v) is 3.15. The fourth-order valence-corrected chi connectivity index (χ4v) is 1.51. The van der Waals surface area contributed by atoms with Crippen molar-refractivity contribution in [1.82, 2.24) is 5.32 Å². The van der Waals surface area contributed by atoms with Crippen LogP contribution in [0.25, 0.3) is 0 Å². The van der Waals surface area contributed by atoms with Gasteiger partial charge >= 0.3 is 5.97 Å². The summed E-state index contributed by atoms with van der Waals surface area (Å²) in [6, 6.07) is 4.22. The van der Waals surface area contributed by atoms with E-state index in [-0.39, 0.29) is 11.0 Å². The average Bonchev–Trinajstić information content (AvgIpc) is 2.28. The van der Waals surface area contributed by atoms with E-state index in [9.17, 15) is 9.18 Å². The summed E-state index contributed by atoms with van der Waals surface area (Å²) in [5, 5.41) is 12.0. The van der Waals surface area contributed by atoms with Gasteiger partial charge < -0.3 is 10.4 Å². The van der Waals surface area contributed by atoms with Crippen LogP contribution in [0.2, 0.25) is 0 Å². The summed E-state index contributed by atoms with van der Waals surface area (Å²) >= 11 is 0. The Morgan fingerprint density at radius 1 is 1.44 bits per heavy atom. The molecule has 0 heterocycles. The Balaban J connectivity index is 2.59. The van der Waals surface area contributed by atoms with E-state index in [0.29, 0.717) is 6.54 Å². The molecule has 0 radical (unpaired) electrons. The van der Waals surface area contributed by atoms with E-state index in [4.69, 9.17) is 5.11 Å². The summed E-state index contributed by atoms with van der Waals surface area (Å²) in [6.07, 6.45) is 1.06. The molecule has 1 aromatic carbocycles. The van der Waals surface area contributed by atoms with E-state index in [1.165, 1.54) is 12.1 Å². The highest BCUT2D eigenvalue weighted by Gasteiger charge is 2.14. The minimum absolute atomic E-state index is 0.208. The molecule has 2 N–H and O–H groups in total. The Morgan fingerprint density at radius 2 is 2.11 bits per heavy atom. The van der Waals surface area contributed by atoms with Crippen molar-refractivity contribution in [2.24, 2.45) is 5.41 Å². The van der Waals surface area contributed by atoms with Crippen LogP contribution in [0, 0.1) is 11.2 Å². The summed E-state index contributed by atoms with van der Waals surface area (Å²) in [6.45, 7) is 7.83. The second-order valence-electron chi connectivity index (χ2n) is 5.24. The van der Waals surface area contributed by atoms with Gasteiger partial charge in [0.1, 0.15) is 5.82 Å². The fourth-order valence-electron chi connectivity index (χ4n) is 1.51. The summed E-state index contributed by atoms with van der Waals surface area (Å²) < 4.78 is 13.4. The molecule has 3 nitrogen and oxygen atoms in total. The Morgan fingerprint density at radius 3 is 2.61 bits per heavy atom. The largest absolute Gasteiger partial charge is 0.478 e. The molecule has 18 heavy (non-hydrogen) atoms. The molecule has 1 aromatic rings. The van der Waals surface area contributed by atoms with Crippen molar-refractivity contribution >= 4 is 5.97 Å². The number of nitrogens with one attached hydrogen (secondary N) is 1. The van der Waals surface area contributed by atoms with Crippen molar-refractivity contribution in [3.05, 3.63) is 35.1 Å².